The molecular formula is C7H9F3N2O. The highest BCUT2D eigenvalue weighted by Crippen LogP contribution is 2.22. The Kier molecular flexibility index (Phi) is 2.93. The van der Waals surface area contributed by atoms with E-state index >= 15 is 0 Å². The molecule has 1 amide bonds. The van der Waals surface area contributed by atoms with E-state index in [-0.39, 0.29) is 0 Å². The molecule has 0 bridgehead atoms. The predicted octanol–water partition coefficient (Wildman–Crippen LogP) is 1.31. The Hall–Kier alpha value is -1.25. The summed E-state index contributed by atoms with van der Waals surface area (Å²) in [5.74, 6) is -2.01. The highest BCUT2D eigenvalue weighted by Gasteiger charge is 2.45. The zero-order chi connectivity index (χ0) is 10.9. The van der Waals surface area contributed by atoms with Crippen LogP contribution in [0.2, 0.25) is 0 Å². The maximum Gasteiger partial charge on any atom is 0.471 e. The van der Waals surface area contributed by atoms with Gasteiger partial charge in [-0.3, -0.25) is 4.79 Å². The first kappa shape index (κ1) is 11.8. The third-order valence-electron chi connectivity index (χ3n) is 1.66. The Morgan fingerprint density at radius 3 is 2.00 bits per heavy atom. The molecule has 0 aliphatic rings. The fraction of sp³-hybridized carbons (Fsp3) is 0.714. The van der Waals surface area contributed by atoms with Crippen LogP contribution in [0.5, 0.6) is 0 Å². The van der Waals surface area contributed by atoms with Crippen molar-refractivity contribution in [2.75, 3.05) is 7.05 Å². The van der Waals surface area contributed by atoms with Gasteiger partial charge in [-0.2, -0.15) is 18.4 Å². The molecule has 6 heteroatoms. The normalized spacial score (nSPS) is 12.1. The number of nitrogens with zero attached hydrogens (tertiary/aromatic N) is 2. The maximum atomic E-state index is 11.9. The molecule has 0 saturated heterocycles. The largest absolute Gasteiger partial charge is 0.471 e. The van der Waals surface area contributed by atoms with Crippen molar-refractivity contribution in [2.24, 2.45) is 0 Å². The van der Waals surface area contributed by atoms with Gasteiger partial charge in [0.2, 0.25) is 0 Å². The van der Waals surface area contributed by atoms with Crippen LogP contribution in [0.1, 0.15) is 13.8 Å². The lowest BCUT2D eigenvalue weighted by molar-refractivity contribution is -0.187. The summed E-state index contributed by atoms with van der Waals surface area (Å²) in [6, 6.07) is 1.60. The summed E-state index contributed by atoms with van der Waals surface area (Å²) in [6.07, 6.45) is -4.93. The molecule has 13 heavy (non-hydrogen) atoms. The van der Waals surface area contributed by atoms with Crippen molar-refractivity contribution in [3.8, 4) is 6.07 Å². The van der Waals surface area contributed by atoms with Crippen LogP contribution in [0.4, 0.5) is 13.2 Å². The lowest BCUT2D eigenvalue weighted by Crippen LogP contribution is -2.49. The van der Waals surface area contributed by atoms with Crippen LogP contribution < -0.4 is 0 Å². The molecular weight excluding hydrogens is 185 g/mol. The number of hydrogen-bond donors (Lipinski definition) is 0. The van der Waals surface area contributed by atoms with Crippen molar-refractivity contribution in [2.45, 2.75) is 25.6 Å². The van der Waals surface area contributed by atoms with Gasteiger partial charge < -0.3 is 4.90 Å². The van der Waals surface area contributed by atoms with E-state index in [1.165, 1.54) is 13.8 Å². The zero-order valence-corrected chi connectivity index (χ0v) is 7.44. The fourth-order valence-electron chi connectivity index (χ4n) is 0.519. The summed E-state index contributed by atoms with van der Waals surface area (Å²) in [5, 5.41) is 8.47. The van der Waals surface area contributed by atoms with E-state index in [2.05, 4.69) is 0 Å². The first-order valence-electron chi connectivity index (χ1n) is 3.39. The minimum Gasteiger partial charge on any atom is -0.320 e. The number of carbonyl (C=O) groups excluding carboxylic acids is 1. The van der Waals surface area contributed by atoms with Crippen LogP contribution in [-0.2, 0) is 4.79 Å². The Labute approximate surface area is 73.7 Å². The molecule has 0 aromatic rings. The second kappa shape index (κ2) is 3.24. The van der Waals surface area contributed by atoms with Gasteiger partial charge in [-0.05, 0) is 13.8 Å². The van der Waals surface area contributed by atoms with Crippen molar-refractivity contribution >= 4 is 5.91 Å². The van der Waals surface area contributed by atoms with Crippen molar-refractivity contribution in [1.29, 1.82) is 5.26 Å². The second-order valence-corrected chi connectivity index (χ2v) is 3.03. The van der Waals surface area contributed by atoms with E-state index in [1.54, 1.807) is 6.07 Å². The van der Waals surface area contributed by atoms with Gasteiger partial charge in [0, 0.05) is 7.05 Å². The standard InChI is InChI=1S/C7H9F3N2O/c1-6(2,4-11)12(3)5(13)7(8,9)10/h1-3H3. The van der Waals surface area contributed by atoms with Gasteiger partial charge in [0.05, 0.1) is 6.07 Å². The molecule has 0 N–H and O–H groups in total. The summed E-state index contributed by atoms with van der Waals surface area (Å²) in [6.45, 7) is 2.47. The molecule has 0 fully saturated rings. The van der Waals surface area contributed by atoms with Crippen molar-refractivity contribution in [3.05, 3.63) is 0 Å². The van der Waals surface area contributed by atoms with E-state index < -0.39 is 17.6 Å². The third-order valence-corrected chi connectivity index (χ3v) is 1.66. The van der Waals surface area contributed by atoms with Gasteiger partial charge in [-0.25, -0.2) is 0 Å². The summed E-state index contributed by atoms with van der Waals surface area (Å²) < 4.78 is 35.6. The van der Waals surface area contributed by atoms with Gasteiger partial charge in [0.25, 0.3) is 0 Å². The van der Waals surface area contributed by atoms with Crippen LogP contribution in [0, 0.1) is 11.3 Å². The highest BCUT2D eigenvalue weighted by molar-refractivity contribution is 5.82. The minimum absolute atomic E-state index is 0.368. The number of amides is 1. The molecule has 0 aromatic heterocycles. The first-order chi connectivity index (χ1) is 5.63. The molecule has 0 spiro atoms. The number of nitriles is 1. The molecule has 0 radical (unpaired) electrons. The number of hydrogen-bond acceptors (Lipinski definition) is 2. The van der Waals surface area contributed by atoms with E-state index in [0.29, 0.717) is 4.90 Å². The molecule has 0 unspecified atom stereocenters. The van der Waals surface area contributed by atoms with Gasteiger partial charge in [-0.15, -0.1) is 0 Å². The predicted molar refractivity (Wildman–Crippen MR) is 38.5 cm³/mol. The quantitative estimate of drug-likeness (QED) is 0.631. The van der Waals surface area contributed by atoms with Gasteiger partial charge in [-0.1, -0.05) is 0 Å². The lowest BCUT2D eigenvalue weighted by atomic mass is 10.1. The lowest BCUT2D eigenvalue weighted by Gasteiger charge is -2.29. The molecule has 0 atom stereocenters. The van der Waals surface area contributed by atoms with Crippen LogP contribution in [0.25, 0.3) is 0 Å². The Morgan fingerprint density at radius 1 is 1.38 bits per heavy atom. The average molecular weight is 194 g/mol. The summed E-state index contributed by atoms with van der Waals surface area (Å²) in [7, 11) is 0.943. The van der Waals surface area contributed by atoms with E-state index in [0.717, 1.165) is 7.05 Å². The number of rotatable bonds is 1. The molecule has 0 rings (SSSR count). The summed E-state index contributed by atoms with van der Waals surface area (Å²) in [5.41, 5.74) is -1.45. The molecule has 3 nitrogen and oxygen atoms in total. The van der Waals surface area contributed by atoms with E-state index in [1.807, 2.05) is 0 Å². The minimum atomic E-state index is -4.93. The highest BCUT2D eigenvalue weighted by atomic mass is 19.4. The van der Waals surface area contributed by atoms with Crippen molar-refractivity contribution in [3.63, 3.8) is 0 Å². The van der Waals surface area contributed by atoms with Crippen LogP contribution >= 0.6 is 0 Å². The second-order valence-electron chi connectivity index (χ2n) is 3.03. The zero-order valence-electron chi connectivity index (χ0n) is 7.44. The SMILES string of the molecule is CN(C(=O)C(F)(F)F)C(C)(C)C#N. The third kappa shape index (κ3) is 2.61. The van der Waals surface area contributed by atoms with Crippen molar-refractivity contribution < 1.29 is 18.0 Å². The smallest absolute Gasteiger partial charge is 0.320 e. The van der Waals surface area contributed by atoms with Gasteiger partial charge in [0.1, 0.15) is 5.54 Å². The van der Waals surface area contributed by atoms with E-state index in [4.69, 9.17) is 5.26 Å². The number of alkyl halides is 3. The van der Waals surface area contributed by atoms with E-state index in [9.17, 15) is 18.0 Å². The molecule has 0 aliphatic carbocycles. The molecule has 0 heterocycles. The van der Waals surface area contributed by atoms with Gasteiger partial charge >= 0.3 is 12.1 Å². The Balaban J connectivity index is 4.75. The molecule has 0 aromatic carbocycles. The monoisotopic (exact) mass is 194 g/mol. The fourth-order valence-corrected chi connectivity index (χ4v) is 0.519. The topological polar surface area (TPSA) is 44.1 Å². The average Bonchev–Trinajstić information content (AvgIpc) is 2.00. The molecule has 74 valence electrons. The maximum absolute atomic E-state index is 11.9. The van der Waals surface area contributed by atoms with Crippen molar-refractivity contribution in [1.82, 2.24) is 4.90 Å². The van der Waals surface area contributed by atoms with Crippen LogP contribution in [0.3, 0.4) is 0 Å². The number of carbonyl (C=O) groups is 1. The van der Waals surface area contributed by atoms with Crippen LogP contribution in [-0.4, -0.2) is 29.6 Å². The summed E-state index contributed by atoms with van der Waals surface area (Å²) >= 11 is 0. The Morgan fingerprint density at radius 2 is 1.77 bits per heavy atom. The molecule has 0 saturated carbocycles. The number of halogens is 3. The van der Waals surface area contributed by atoms with Gasteiger partial charge in [0.15, 0.2) is 0 Å². The van der Waals surface area contributed by atoms with Crippen LogP contribution in [0.15, 0.2) is 0 Å². The first-order valence-corrected chi connectivity index (χ1v) is 3.39. The Bertz CT molecular complexity index is 251. The molecule has 0 aliphatic heterocycles. The summed E-state index contributed by atoms with van der Waals surface area (Å²) in [4.78, 5) is 11.0.